The normalized spacial score (nSPS) is 20.5. The lowest BCUT2D eigenvalue weighted by atomic mass is 9.79. The summed E-state index contributed by atoms with van der Waals surface area (Å²) >= 11 is 0. The molecule has 0 aromatic carbocycles. The van der Waals surface area contributed by atoms with Crippen molar-refractivity contribution in [1.29, 1.82) is 0 Å². The number of nitrogens with zero attached hydrogens (tertiary/aromatic N) is 1. The van der Waals surface area contributed by atoms with Crippen molar-refractivity contribution in [1.82, 2.24) is 0 Å². The fraction of sp³-hybridized carbons (Fsp3) is 0.647. The second-order valence-electron chi connectivity index (χ2n) is 5.67. The van der Waals surface area contributed by atoms with E-state index in [1.165, 1.54) is 0 Å². The van der Waals surface area contributed by atoms with Crippen molar-refractivity contribution in [3.8, 4) is 0 Å². The molecule has 0 fully saturated rings. The molecule has 2 unspecified atom stereocenters. The van der Waals surface area contributed by atoms with Gasteiger partial charge in [0.15, 0.2) is 0 Å². The van der Waals surface area contributed by atoms with Crippen molar-refractivity contribution in [2.75, 3.05) is 13.2 Å². The third-order valence-corrected chi connectivity index (χ3v) is 3.47. The minimum atomic E-state index is -1.12. The number of ether oxygens (including phenoxy) is 3. The molecule has 1 heterocycles. The van der Waals surface area contributed by atoms with Crippen LogP contribution in [-0.4, -0.2) is 42.9 Å². The van der Waals surface area contributed by atoms with Gasteiger partial charge in [-0.15, -0.1) is 0 Å². The molecule has 134 valence electrons. The van der Waals surface area contributed by atoms with E-state index >= 15 is 0 Å². The van der Waals surface area contributed by atoms with Crippen LogP contribution < -0.4 is 0 Å². The fourth-order valence-electron chi connectivity index (χ4n) is 2.61. The Morgan fingerprint density at radius 3 is 2.08 bits per heavy atom. The second kappa shape index (κ2) is 8.61. The first-order valence-corrected chi connectivity index (χ1v) is 8.04. The minimum absolute atomic E-state index is 0.0474. The average Bonchev–Trinajstić information content (AvgIpc) is 2.45. The first-order chi connectivity index (χ1) is 11.2. The number of esters is 3. The lowest BCUT2D eigenvalue weighted by Gasteiger charge is -2.30. The molecule has 7 heteroatoms. The Bertz CT molecular complexity index is 576. The van der Waals surface area contributed by atoms with Crippen molar-refractivity contribution in [2.24, 2.45) is 16.8 Å². The van der Waals surface area contributed by atoms with Crippen molar-refractivity contribution in [3.05, 3.63) is 11.3 Å². The summed E-state index contributed by atoms with van der Waals surface area (Å²) < 4.78 is 15.4. The van der Waals surface area contributed by atoms with Gasteiger partial charge in [0.1, 0.15) is 11.8 Å². The van der Waals surface area contributed by atoms with E-state index in [1.807, 2.05) is 0 Å². The molecule has 0 aromatic heterocycles. The van der Waals surface area contributed by atoms with Gasteiger partial charge < -0.3 is 14.2 Å². The number of hydrogen-bond donors (Lipinski definition) is 0. The summed E-state index contributed by atoms with van der Waals surface area (Å²) in [5, 5.41) is 0. The van der Waals surface area contributed by atoms with Crippen LogP contribution in [0.3, 0.4) is 0 Å². The van der Waals surface area contributed by atoms with Crippen LogP contribution in [0.4, 0.5) is 0 Å². The summed E-state index contributed by atoms with van der Waals surface area (Å²) in [6, 6.07) is 0. The van der Waals surface area contributed by atoms with Gasteiger partial charge in [-0.3, -0.25) is 14.6 Å². The summed E-state index contributed by atoms with van der Waals surface area (Å²) in [5.41, 5.74) is 0.799. The van der Waals surface area contributed by atoms with Gasteiger partial charge in [-0.05, 0) is 41.5 Å². The molecule has 0 amide bonds. The highest BCUT2D eigenvalue weighted by molar-refractivity contribution is 6.10. The third-order valence-electron chi connectivity index (χ3n) is 3.47. The van der Waals surface area contributed by atoms with Crippen LogP contribution in [0.5, 0.6) is 0 Å². The Kier molecular flexibility index (Phi) is 7.13. The van der Waals surface area contributed by atoms with Gasteiger partial charge in [-0.1, -0.05) is 0 Å². The van der Waals surface area contributed by atoms with Gasteiger partial charge in [-0.25, -0.2) is 4.79 Å². The van der Waals surface area contributed by atoms with Crippen molar-refractivity contribution in [2.45, 2.75) is 47.6 Å². The molecule has 0 aromatic rings. The van der Waals surface area contributed by atoms with E-state index in [4.69, 9.17) is 14.2 Å². The zero-order valence-electron chi connectivity index (χ0n) is 15.0. The standard InChI is InChI=1S/C17H25NO6/c1-7-22-15(19)12-10(5)18-11(6)13(16(20)23-8-2)14(12)17(21)24-9(3)4/h9,12,14H,7-8H2,1-6H3. The van der Waals surface area contributed by atoms with Crippen LogP contribution in [0.25, 0.3) is 0 Å². The van der Waals surface area contributed by atoms with Crippen LogP contribution in [0.1, 0.15) is 41.5 Å². The predicted molar refractivity (Wildman–Crippen MR) is 87.3 cm³/mol. The Morgan fingerprint density at radius 1 is 1.00 bits per heavy atom. The smallest absolute Gasteiger partial charge is 0.336 e. The van der Waals surface area contributed by atoms with Crippen LogP contribution >= 0.6 is 0 Å². The van der Waals surface area contributed by atoms with Gasteiger partial charge >= 0.3 is 17.9 Å². The van der Waals surface area contributed by atoms with Crippen LogP contribution in [-0.2, 0) is 28.6 Å². The number of rotatable bonds is 6. The summed E-state index contributed by atoms with van der Waals surface area (Å²) in [7, 11) is 0. The molecule has 0 spiro atoms. The molecule has 1 rings (SSSR count). The zero-order valence-corrected chi connectivity index (χ0v) is 15.0. The van der Waals surface area contributed by atoms with Crippen molar-refractivity contribution < 1.29 is 28.6 Å². The maximum Gasteiger partial charge on any atom is 0.336 e. The minimum Gasteiger partial charge on any atom is -0.465 e. The van der Waals surface area contributed by atoms with Gasteiger partial charge in [0.2, 0.25) is 0 Å². The number of allylic oxidation sites excluding steroid dienone is 1. The van der Waals surface area contributed by atoms with E-state index in [0.717, 1.165) is 0 Å². The Morgan fingerprint density at radius 2 is 1.58 bits per heavy atom. The maximum atomic E-state index is 12.6. The molecule has 0 bridgehead atoms. The zero-order chi connectivity index (χ0) is 18.4. The molecule has 0 radical (unpaired) electrons. The quantitative estimate of drug-likeness (QED) is 0.543. The highest BCUT2D eigenvalue weighted by Crippen LogP contribution is 2.34. The van der Waals surface area contributed by atoms with Gasteiger partial charge in [0.25, 0.3) is 0 Å². The number of carbonyl (C=O) groups excluding carboxylic acids is 3. The van der Waals surface area contributed by atoms with Gasteiger partial charge in [0.05, 0.1) is 24.9 Å². The molecular formula is C17H25NO6. The Hall–Kier alpha value is -2.18. The molecule has 1 aliphatic heterocycles. The number of carbonyl (C=O) groups is 3. The fourth-order valence-corrected chi connectivity index (χ4v) is 2.61. The van der Waals surface area contributed by atoms with E-state index in [1.54, 1.807) is 41.5 Å². The first kappa shape index (κ1) is 19.9. The van der Waals surface area contributed by atoms with Crippen LogP contribution in [0.15, 0.2) is 16.3 Å². The topological polar surface area (TPSA) is 91.3 Å². The van der Waals surface area contributed by atoms with Gasteiger partial charge in [0, 0.05) is 11.4 Å². The highest BCUT2D eigenvalue weighted by atomic mass is 16.6. The molecule has 0 saturated heterocycles. The molecule has 0 saturated carbocycles. The Balaban J connectivity index is 3.39. The van der Waals surface area contributed by atoms with Crippen LogP contribution in [0.2, 0.25) is 0 Å². The van der Waals surface area contributed by atoms with Crippen LogP contribution in [0, 0.1) is 11.8 Å². The molecule has 2 atom stereocenters. The monoisotopic (exact) mass is 339 g/mol. The largest absolute Gasteiger partial charge is 0.465 e. The third kappa shape index (κ3) is 4.43. The summed E-state index contributed by atoms with van der Waals surface area (Å²) in [6.07, 6.45) is -0.386. The van der Waals surface area contributed by atoms with Crippen molar-refractivity contribution in [3.63, 3.8) is 0 Å². The SMILES string of the molecule is CCOC(=O)C1=C(C)N=C(C)C(C(=O)OCC)C1C(=O)OC(C)C. The lowest BCUT2D eigenvalue weighted by molar-refractivity contribution is -0.160. The molecule has 7 nitrogen and oxygen atoms in total. The summed E-state index contributed by atoms with van der Waals surface area (Å²) in [4.78, 5) is 41.6. The lowest BCUT2D eigenvalue weighted by Crippen LogP contribution is -2.43. The Labute approximate surface area is 142 Å². The number of aliphatic imine (C=N–C) groups is 1. The predicted octanol–water partition coefficient (Wildman–Crippen LogP) is 2.05. The second-order valence-corrected chi connectivity index (χ2v) is 5.67. The van der Waals surface area contributed by atoms with E-state index in [0.29, 0.717) is 11.4 Å². The molecular weight excluding hydrogens is 314 g/mol. The molecule has 0 aliphatic carbocycles. The first-order valence-electron chi connectivity index (χ1n) is 8.04. The average molecular weight is 339 g/mol. The summed E-state index contributed by atoms with van der Waals surface area (Å²) in [6.45, 7) is 10.3. The molecule has 0 N–H and O–H groups in total. The maximum absolute atomic E-state index is 12.6. The van der Waals surface area contributed by atoms with E-state index < -0.39 is 29.7 Å². The number of hydrogen-bond acceptors (Lipinski definition) is 7. The van der Waals surface area contributed by atoms with E-state index in [-0.39, 0.29) is 24.9 Å². The highest BCUT2D eigenvalue weighted by Gasteiger charge is 2.46. The van der Waals surface area contributed by atoms with Gasteiger partial charge in [-0.2, -0.15) is 0 Å². The molecule has 24 heavy (non-hydrogen) atoms. The van der Waals surface area contributed by atoms with E-state index in [2.05, 4.69) is 4.99 Å². The van der Waals surface area contributed by atoms with Crippen molar-refractivity contribution >= 4 is 23.6 Å². The summed E-state index contributed by atoms with van der Waals surface area (Å²) in [5.74, 6) is -4.08. The molecule has 1 aliphatic rings. The van der Waals surface area contributed by atoms with E-state index in [9.17, 15) is 14.4 Å².